The molecule has 0 saturated carbocycles. The number of benzene rings is 3. The molecule has 0 spiro atoms. The first kappa shape index (κ1) is 24.3. The molecule has 0 radical (unpaired) electrons. The maximum Gasteiger partial charge on any atom is 0.256 e. The van der Waals surface area contributed by atoms with Gasteiger partial charge in [0.1, 0.15) is 18.2 Å². The lowest BCUT2D eigenvalue weighted by Gasteiger charge is -2.10. The minimum atomic E-state index is -0.421. The Hall–Kier alpha value is -2.87. The molecule has 0 aliphatic carbocycles. The van der Waals surface area contributed by atoms with E-state index >= 15 is 0 Å². The van der Waals surface area contributed by atoms with Gasteiger partial charge >= 0.3 is 0 Å². The van der Waals surface area contributed by atoms with E-state index in [-0.39, 0.29) is 19.1 Å². The topological polar surface area (TPSA) is 56.1 Å². The van der Waals surface area contributed by atoms with Gasteiger partial charge in [0.05, 0.1) is 16.0 Å². The average Bonchev–Trinajstić information content (AvgIpc) is 3.15. The highest BCUT2D eigenvalue weighted by molar-refractivity contribution is 9.10. The molecular formula is C25H19BrCl2FN3O2. The molecule has 0 atom stereocenters. The molecule has 1 amide bonds. The number of nitrogens with zero attached hydrogens (tertiary/aromatic N) is 2. The Labute approximate surface area is 214 Å². The van der Waals surface area contributed by atoms with Crippen LogP contribution in [0.15, 0.2) is 71.3 Å². The first-order valence-corrected chi connectivity index (χ1v) is 11.8. The third-order valence-electron chi connectivity index (χ3n) is 5.00. The van der Waals surface area contributed by atoms with Crippen molar-refractivity contribution in [3.63, 3.8) is 0 Å². The molecule has 0 fully saturated rings. The standard InChI is InChI=1S/C25H19BrCl2FN3O2/c1-15-8-9-21(28)23(10-15)34-14-16-4-2-5-17(11-16)25(33)30-24-19(26)13-32(31-24)12-18-20(27)6-3-7-22(18)29/h2-11,13H,12,14H2,1H3,(H,30,31,33). The van der Waals surface area contributed by atoms with E-state index in [9.17, 15) is 9.18 Å². The van der Waals surface area contributed by atoms with Gasteiger partial charge in [-0.15, -0.1) is 0 Å². The molecule has 0 aliphatic rings. The van der Waals surface area contributed by atoms with Gasteiger partial charge in [-0.2, -0.15) is 5.10 Å². The quantitative estimate of drug-likeness (QED) is 0.257. The molecule has 0 unspecified atom stereocenters. The number of halogens is 4. The van der Waals surface area contributed by atoms with Gasteiger partial charge in [-0.3, -0.25) is 9.48 Å². The van der Waals surface area contributed by atoms with E-state index in [0.29, 0.717) is 37.2 Å². The van der Waals surface area contributed by atoms with Gasteiger partial charge in [-0.25, -0.2) is 4.39 Å². The molecule has 4 rings (SSSR count). The lowest BCUT2D eigenvalue weighted by molar-refractivity contribution is 0.102. The van der Waals surface area contributed by atoms with E-state index in [4.69, 9.17) is 27.9 Å². The summed E-state index contributed by atoms with van der Waals surface area (Å²) in [5.74, 6) is 0.132. The van der Waals surface area contributed by atoms with Crippen molar-refractivity contribution < 1.29 is 13.9 Å². The van der Waals surface area contributed by atoms with Gasteiger partial charge < -0.3 is 10.1 Å². The summed E-state index contributed by atoms with van der Waals surface area (Å²) in [5.41, 5.74) is 2.60. The maximum absolute atomic E-state index is 14.1. The first-order chi connectivity index (χ1) is 16.3. The summed E-state index contributed by atoms with van der Waals surface area (Å²) >= 11 is 15.7. The third-order valence-corrected chi connectivity index (χ3v) is 6.25. The summed E-state index contributed by atoms with van der Waals surface area (Å²) in [7, 11) is 0. The number of anilines is 1. The van der Waals surface area contributed by atoms with Crippen molar-refractivity contribution in [2.45, 2.75) is 20.1 Å². The van der Waals surface area contributed by atoms with E-state index in [1.54, 1.807) is 42.6 Å². The van der Waals surface area contributed by atoms with Crippen LogP contribution in [0.3, 0.4) is 0 Å². The predicted molar refractivity (Wildman–Crippen MR) is 135 cm³/mol. The molecular weight excluding hydrogens is 544 g/mol. The zero-order valence-corrected chi connectivity index (χ0v) is 21.1. The van der Waals surface area contributed by atoms with Gasteiger partial charge in [0.2, 0.25) is 0 Å². The Morgan fingerprint density at radius 2 is 1.91 bits per heavy atom. The van der Waals surface area contributed by atoms with Crippen LogP contribution in [-0.4, -0.2) is 15.7 Å². The number of nitrogens with one attached hydrogen (secondary N) is 1. The normalized spacial score (nSPS) is 10.9. The second kappa shape index (κ2) is 10.6. The van der Waals surface area contributed by atoms with E-state index < -0.39 is 5.82 Å². The molecule has 1 aromatic heterocycles. The third kappa shape index (κ3) is 5.78. The molecule has 0 aliphatic heterocycles. The van der Waals surface area contributed by atoms with E-state index in [1.807, 2.05) is 25.1 Å². The van der Waals surface area contributed by atoms with Gasteiger partial charge in [0.25, 0.3) is 5.91 Å². The second-order valence-corrected chi connectivity index (χ2v) is 9.27. The van der Waals surface area contributed by atoms with Crippen LogP contribution in [0.1, 0.15) is 27.0 Å². The fourth-order valence-corrected chi connectivity index (χ4v) is 4.08. The average molecular weight is 563 g/mol. The monoisotopic (exact) mass is 561 g/mol. The van der Waals surface area contributed by atoms with Crippen LogP contribution in [0.4, 0.5) is 10.2 Å². The van der Waals surface area contributed by atoms with Crippen LogP contribution in [0.2, 0.25) is 10.0 Å². The molecule has 1 heterocycles. The van der Waals surface area contributed by atoms with Crippen LogP contribution in [0.5, 0.6) is 5.75 Å². The number of hydrogen-bond donors (Lipinski definition) is 1. The maximum atomic E-state index is 14.1. The molecule has 4 aromatic rings. The number of hydrogen-bond acceptors (Lipinski definition) is 3. The van der Waals surface area contributed by atoms with Crippen molar-refractivity contribution in [2.75, 3.05) is 5.32 Å². The Kier molecular flexibility index (Phi) is 7.56. The van der Waals surface area contributed by atoms with Crippen LogP contribution in [0, 0.1) is 12.7 Å². The van der Waals surface area contributed by atoms with Crippen molar-refractivity contribution in [2.24, 2.45) is 0 Å². The number of carbonyl (C=O) groups is 1. The van der Waals surface area contributed by atoms with Crippen LogP contribution in [0.25, 0.3) is 0 Å². The van der Waals surface area contributed by atoms with Crippen LogP contribution in [-0.2, 0) is 13.2 Å². The minimum absolute atomic E-state index is 0.119. The number of ether oxygens (including phenoxy) is 1. The SMILES string of the molecule is Cc1ccc(Cl)c(OCc2cccc(C(=O)Nc3nn(Cc4c(F)cccc4Cl)cc3Br)c2)c1. The van der Waals surface area contributed by atoms with Gasteiger partial charge in [-0.05, 0) is 70.4 Å². The highest BCUT2D eigenvalue weighted by Crippen LogP contribution is 2.27. The van der Waals surface area contributed by atoms with Gasteiger partial charge in [0.15, 0.2) is 5.82 Å². The predicted octanol–water partition coefficient (Wildman–Crippen LogP) is 7.28. The number of aryl methyl sites for hydroxylation is 1. The van der Waals surface area contributed by atoms with Gasteiger partial charge in [-0.1, -0.05) is 47.5 Å². The molecule has 3 aromatic carbocycles. The smallest absolute Gasteiger partial charge is 0.256 e. The summed E-state index contributed by atoms with van der Waals surface area (Å²) in [6, 6.07) is 17.1. The number of carbonyl (C=O) groups excluding carboxylic acids is 1. The van der Waals surface area contributed by atoms with E-state index in [1.165, 1.54) is 10.7 Å². The molecule has 174 valence electrons. The van der Waals surface area contributed by atoms with Crippen molar-refractivity contribution in [3.05, 3.63) is 109 Å². The lowest BCUT2D eigenvalue weighted by atomic mass is 10.1. The first-order valence-electron chi connectivity index (χ1n) is 10.3. The highest BCUT2D eigenvalue weighted by atomic mass is 79.9. The van der Waals surface area contributed by atoms with Crippen LogP contribution >= 0.6 is 39.1 Å². The molecule has 34 heavy (non-hydrogen) atoms. The Balaban J connectivity index is 1.44. The van der Waals surface area contributed by atoms with E-state index in [2.05, 4.69) is 26.3 Å². The van der Waals surface area contributed by atoms with E-state index in [0.717, 1.165) is 11.1 Å². The number of rotatable bonds is 7. The summed E-state index contributed by atoms with van der Waals surface area (Å²) in [6.45, 7) is 2.33. The number of aromatic nitrogens is 2. The fourth-order valence-electron chi connectivity index (χ4n) is 3.27. The highest BCUT2D eigenvalue weighted by Gasteiger charge is 2.15. The largest absolute Gasteiger partial charge is 0.487 e. The molecule has 0 saturated heterocycles. The number of amides is 1. The van der Waals surface area contributed by atoms with Crippen molar-refractivity contribution in [1.29, 1.82) is 0 Å². The van der Waals surface area contributed by atoms with Crippen molar-refractivity contribution in [3.8, 4) is 5.75 Å². The minimum Gasteiger partial charge on any atom is -0.487 e. The molecule has 1 N–H and O–H groups in total. The summed E-state index contributed by atoms with van der Waals surface area (Å²) in [4.78, 5) is 12.8. The summed E-state index contributed by atoms with van der Waals surface area (Å²) < 4.78 is 22.0. The Bertz CT molecular complexity index is 1340. The molecule has 0 bridgehead atoms. The van der Waals surface area contributed by atoms with Gasteiger partial charge in [0, 0.05) is 22.3 Å². The molecule has 5 nitrogen and oxygen atoms in total. The lowest BCUT2D eigenvalue weighted by Crippen LogP contribution is -2.14. The summed E-state index contributed by atoms with van der Waals surface area (Å²) in [5, 5.41) is 7.95. The van der Waals surface area contributed by atoms with Crippen molar-refractivity contribution >= 4 is 50.9 Å². The fraction of sp³-hybridized carbons (Fsp3) is 0.120. The second-order valence-electron chi connectivity index (χ2n) is 7.60. The van der Waals surface area contributed by atoms with Crippen LogP contribution < -0.4 is 10.1 Å². The molecule has 9 heteroatoms. The Morgan fingerprint density at radius 3 is 2.71 bits per heavy atom. The zero-order chi connectivity index (χ0) is 24.2. The van der Waals surface area contributed by atoms with Crippen molar-refractivity contribution in [1.82, 2.24) is 9.78 Å². The zero-order valence-electron chi connectivity index (χ0n) is 18.0. The summed E-state index contributed by atoms with van der Waals surface area (Å²) in [6.07, 6.45) is 1.65. The Morgan fingerprint density at radius 1 is 1.12 bits per heavy atom.